The maximum absolute atomic E-state index is 13.1. The van der Waals surface area contributed by atoms with E-state index in [1.165, 1.54) is 0 Å². The van der Waals surface area contributed by atoms with Gasteiger partial charge < -0.3 is 25.5 Å². The molecule has 1 aliphatic heterocycles. The fourth-order valence-electron chi connectivity index (χ4n) is 3.91. The van der Waals surface area contributed by atoms with Crippen molar-refractivity contribution in [3.05, 3.63) is 40.8 Å². The molecule has 1 atom stereocenters. The summed E-state index contributed by atoms with van der Waals surface area (Å²) in [5, 5.41) is 3.32. The summed E-state index contributed by atoms with van der Waals surface area (Å²) in [7, 11) is 0. The highest BCUT2D eigenvalue weighted by Gasteiger charge is 2.44. The van der Waals surface area contributed by atoms with Crippen molar-refractivity contribution in [2.24, 2.45) is 11.1 Å². The van der Waals surface area contributed by atoms with E-state index in [2.05, 4.69) is 29.1 Å². The molecule has 8 heteroatoms. The van der Waals surface area contributed by atoms with Gasteiger partial charge in [0, 0.05) is 36.1 Å². The van der Waals surface area contributed by atoms with E-state index in [9.17, 15) is 9.59 Å². The molecule has 1 aromatic heterocycles. The van der Waals surface area contributed by atoms with Crippen molar-refractivity contribution >= 4 is 11.8 Å². The number of aromatic nitrogens is 2. The summed E-state index contributed by atoms with van der Waals surface area (Å²) in [5.41, 5.74) is 8.48. The van der Waals surface area contributed by atoms with E-state index in [0.29, 0.717) is 48.5 Å². The summed E-state index contributed by atoms with van der Waals surface area (Å²) in [6, 6.07) is 0. The summed E-state index contributed by atoms with van der Waals surface area (Å²) < 4.78 is 10.9. The molecule has 1 aliphatic carbocycles. The maximum atomic E-state index is 13.1. The smallest absolute Gasteiger partial charge is 0.336 e. The predicted molar refractivity (Wildman–Crippen MR) is 103 cm³/mol. The molecule has 152 valence electrons. The minimum atomic E-state index is -0.558. The van der Waals surface area contributed by atoms with Gasteiger partial charge in [-0.05, 0) is 18.8 Å². The van der Waals surface area contributed by atoms with Crippen LogP contribution in [0.15, 0.2) is 35.1 Å². The molecule has 0 aromatic carbocycles. The molecular weight excluding hydrogens is 360 g/mol. The highest BCUT2D eigenvalue weighted by Crippen LogP contribution is 2.46. The van der Waals surface area contributed by atoms with Crippen molar-refractivity contribution < 1.29 is 19.1 Å². The molecule has 2 aliphatic rings. The third kappa shape index (κ3) is 4.02. The first kappa shape index (κ1) is 20.3. The number of rotatable bonds is 7. The molecule has 0 fully saturated rings. The first-order chi connectivity index (χ1) is 13.4. The van der Waals surface area contributed by atoms with E-state index in [-0.39, 0.29) is 24.4 Å². The number of carbonyl (C=O) groups is 2. The molecule has 1 unspecified atom stereocenters. The Bertz CT molecular complexity index is 808. The number of esters is 1. The Kier molecular flexibility index (Phi) is 6.00. The normalized spacial score (nSPS) is 21.4. The van der Waals surface area contributed by atoms with Crippen molar-refractivity contribution in [1.82, 2.24) is 15.3 Å². The van der Waals surface area contributed by atoms with Crippen LogP contribution >= 0.6 is 0 Å². The van der Waals surface area contributed by atoms with Crippen LogP contribution in [-0.2, 0) is 19.1 Å². The number of hydrogen-bond acceptors (Lipinski definition) is 7. The second-order valence-corrected chi connectivity index (χ2v) is 7.85. The number of nitrogens with one attached hydrogen (secondary N) is 2. The number of Topliss-reactive ketones (excluding diaryl/α,β-unsaturated/α-hetero) is 1. The van der Waals surface area contributed by atoms with Gasteiger partial charge >= 0.3 is 5.97 Å². The number of nitrogens with two attached hydrogens (primary N) is 1. The molecule has 4 N–H and O–H groups in total. The third-order valence-corrected chi connectivity index (χ3v) is 4.96. The van der Waals surface area contributed by atoms with Crippen molar-refractivity contribution in [2.75, 3.05) is 26.4 Å². The van der Waals surface area contributed by atoms with Crippen LogP contribution in [-0.4, -0.2) is 48.1 Å². The maximum Gasteiger partial charge on any atom is 0.336 e. The lowest BCUT2D eigenvalue weighted by atomic mass is 9.69. The van der Waals surface area contributed by atoms with E-state index in [4.69, 9.17) is 15.2 Å². The molecule has 3 rings (SSSR count). The number of carbonyl (C=O) groups excluding carboxylic acids is 2. The zero-order valence-corrected chi connectivity index (χ0v) is 16.6. The van der Waals surface area contributed by atoms with Crippen molar-refractivity contribution in [2.45, 2.75) is 39.5 Å². The molecule has 2 heterocycles. The second kappa shape index (κ2) is 8.28. The molecule has 0 radical (unpaired) electrons. The van der Waals surface area contributed by atoms with E-state index in [1.807, 2.05) is 0 Å². The summed E-state index contributed by atoms with van der Waals surface area (Å²) in [4.78, 5) is 33.1. The number of aromatic amines is 1. The molecular formula is C20H28N4O4. The topological polar surface area (TPSA) is 119 Å². The Balaban J connectivity index is 2.11. The molecule has 0 spiro atoms. The van der Waals surface area contributed by atoms with Gasteiger partial charge in [0.1, 0.15) is 0 Å². The van der Waals surface area contributed by atoms with Crippen LogP contribution < -0.4 is 11.1 Å². The lowest BCUT2D eigenvalue weighted by molar-refractivity contribution is -0.139. The Morgan fingerprint density at radius 1 is 1.39 bits per heavy atom. The zero-order valence-electron chi connectivity index (χ0n) is 16.6. The number of ether oxygens (including phenoxy) is 2. The van der Waals surface area contributed by atoms with Crippen LogP contribution in [0.2, 0.25) is 0 Å². The van der Waals surface area contributed by atoms with Crippen molar-refractivity contribution in [3.8, 4) is 0 Å². The van der Waals surface area contributed by atoms with Crippen LogP contribution in [0.3, 0.4) is 0 Å². The zero-order chi connectivity index (χ0) is 20.3. The SMILES string of the molecule is CCOC(=O)C1=C(COCCN)NC2=C(C(=O)CC(C)(C)C2)C1c1cnc[nH]1. The monoisotopic (exact) mass is 388 g/mol. The average Bonchev–Trinajstić information content (AvgIpc) is 3.14. The molecule has 1 aromatic rings. The molecule has 0 saturated carbocycles. The number of ketones is 1. The minimum Gasteiger partial charge on any atom is -0.463 e. The van der Waals surface area contributed by atoms with Gasteiger partial charge in [0.15, 0.2) is 5.78 Å². The van der Waals surface area contributed by atoms with Crippen LogP contribution in [0.1, 0.15) is 45.2 Å². The van der Waals surface area contributed by atoms with Gasteiger partial charge in [-0.25, -0.2) is 9.78 Å². The van der Waals surface area contributed by atoms with Gasteiger partial charge in [0.05, 0.1) is 43.3 Å². The third-order valence-electron chi connectivity index (χ3n) is 4.96. The minimum absolute atomic E-state index is 0.0297. The largest absolute Gasteiger partial charge is 0.463 e. The number of H-pyrrole nitrogens is 1. The molecule has 28 heavy (non-hydrogen) atoms. The lowest BCUT2D eigenvalue weighted by Crippen LogP contribution is -2.40. The van der Waals surface area contributed by atoms with Crippen LogP contribution in [0, 0.1) is 5.41 Å². The van der Waals surface area contributed by atoms with E-state index in [0.717, 1.165) is 5.70 Å². The summed E-state index contributed by atoms with van der Waals surface area (Å²) >= 11 is 0. The summed E-state index contributed by atoms with van der Waals surface area (Å²) in [5.74, 6) is -0.995. The van der Waals surface area contributed by atoms with Gasteiger partial charge in [0.2, 0.25) is 0 Å². The van der Waals surface area contributed by atoms with E-state index < -0.39 is 11.9 Å². The molecule has 0 bridgehead atoms. The predicted octanol–water partition coefficient (Wildman–Crippen LogP) is 1.53. The number of allylic oxidation sites excluding steroid dienone is 2. The second-order valence-electron chi connectivity index (χ2n) is 7.85. The standard InChI is InChI=1S/C20H28N4O4/c1-4-28-19(26)18-14(10-27-6-5-21)24-12-7-20(2,3)8-15(25)16(12)17(18)13-9-22-11-23-13/h9,11,17,24H,4-8,10,21H2,1-3H3,(H,22,23). The number of imidazole rings is 1. The highest BCUT2D eigenvalue weighted by molar-refractivity contribution is 6.04. The number of hydrogen-bond donors (Lipinski definition) is 3. The van der Waals surface area contributed by atoms with Crippen molar-refractivity contribution in [3.63, 3.8) is 0 Å². The quantitative estimate of drug-likeness (QED) is 0.479. The first-order valence-corrected chi connectivity index (χ1v) is 9.57. The molecule has 8 nitrogen and oxygen atoms in total. The van der Waals surface area contributed by atoms with Gasteiger partial charge in [-0.3, -0.25) is 4.79 Å². The van der Waals surface area contributed by atoms with Crippen LogP contribution in [0.4, 0.5) is 0 Å². The average molecular weight is 388 g/mol. The lowest BCUT2D eigenvalue weighted by Gasteiger charge is -2.39. The fraction of sp³-hybridized carbons (Fsp3) is 0.550. The van der Waals surface area contributed by atoms with E-state index in [1.54, 1.807) is 19.4 Å². The van der Waals surface area contributed by atoms with Gasteiger partial charge in [-0.1, -0.05) is 13.8 Å². The number of nitrogens with zero attached hydrogens (tertiary/aromatic N) is 1. The first-order valence-electron chi connectivity index (χ1n) is 9.57. The van der Waals surface area contributed by atoms with Gasteiger partial charge in [-0.2, -0.15) is 0 Å². The number of dihydropyridines is 1. The Hall–Kier alpha value is -2.45. The van der Waals surface area contributed by atoms with E-state index >= 15 is 0 Å². The molecule has 0 saturated heterocycles. The van der Waals surface area contributed by atoms with Crippen LogP contribution in [0.5, 0.6) is 0 Å². The summed E-state index contributed by atoms with van der Waals surface area (Å²) in [6.45, 7) is 7.05. The Morgan fingerprint density at radius 2 is 2.18 bits per heavy atom. The van der Waals surface area contributed by atoms with Gasteiger partial charge in [-0.15, -0.1) is 0 Å². The fourth-order valence-corrected chi connectivity index (χ4v) is 3.91. The van der Waals surface area contributed by atoms with Crippen molar-refractivity contribution in [1.29, 1.82) is 0 Å². The summed E-state index contributed by atoms with van der Waals surface area (Å²) in [6.07, 6.45) is 4.32. The molecule has 0 amide bonds. The highest BCUT2D eigenvalue weighted by atomic mass is 16.5. The van der Waals surface area contributed by atoms with Gasteiger partial charge in [0.25, 0.3) is 0 Å². The van der Waals surface area contributed by atoms with Crippen LogP contribution in [0.25, 0.3) is 0 Å². The Morgan fingerprint density at radius 3 is 2.82 bits per heavy atom. The Labute approximate surface area is 164 Å².